The van der Waals surface area contributed by atoms with Gasteiger partial charge in [-0.1, -0.05) is 60.7 Å². The predicted molar refractivity (Wildman–Crippen MR) is 76.9 cm³/mol. The van der Waals surface area contributed by atoms with Gasteiger partial charge >= 0.3 is 0 Å². The average Bonchev–Trinajstić information content (AvgIpc) is 3.18. The quantitative estimate of drug-likeness (QED) is 0.629. The first-order valence-corrected chi connectivity index (χ1v) is 6.60. The van der Waals surface area contributed by atoms with Gasteiger partial charge in [0.15, 0.2) is 11.6 Å². The first-order valence-electron chi connectivity index (χ1n) is 6.60. The van der Waals surface area contributed by atoms with Crippen LogP contribution in [0, 0.1) is 0 Å². The number of ketones is 2. The van der Waals surface area contributed by atoms with Crippen molar-refractivity contribution in [2.24, 2.45) is 0 Å². The zero-order valence-corrected chi connectivity index (χ0v) is 11.2. The molecule has 100 valence electrons. The maximum Gasteiger partial charge on any atom is 0.182 e. The van der Waals surface area contributed by atoms with Crippen LogP contribution >= 0.6 is 0 Å². The molecular formula is C17H15NO2. The summed E-state index contributed by atoms with van der Waals surface area (Å²) >= 11 is 0. The normalized spacial score (nSPS) is 24.1. The number of likely N-dealkylation sites (N-methyl/N-ethyl adjacent to an activating group) is 1. The number of Topliss-reactive ketones (excluding diaryl/α,β-unsaturated/α-hetero) is 2. The Bertz CT molecular complexity index is 579. The average molecular weight is 265 g/mol. The van der Waals surface area contributed by atoms with Crippen LogP contribution in [0.2, 0.25) is 0 Å². The van der Waals surface area contributed by atoms with Crippen LogP contribution in [0.4, 0.5) is 0 Å². The zero-order valence-electron chi connectivity index (χ0n) is 11.2. The Kier molecular flexibility index (Phi) is 3.20. The Morgan fingerprint density at radius 2 is 1.10 bits per heavy atom. The molecule has 1 saturated heterocycles. The molecule has 0 aromatic heterocycles. The molecule has 0 radical (unpaired) electrons. The molecule has 3 nitrogen and oxygen atoms in total. The van der Waals surface area contributed by atoms with E-state index in [-0.39, 0.29) is 23.7 Å². The summed E-state index contributed by atoms with van der Waals surface area (Å²) < 4.78 is 0. The van der Waals surface area contributed by atoms with Crippen LogP contribution in [-0.4, -0.2) is 35.6 Å². The summed E-state index contributed by atoms with van der Waals surface area (Å²) in [5, 5.41) is 0. The standard InChI is InChI=1S/C17H15NO2/c1-18-14(16(19)12-8-4-2-5-9-12)15(18)17(20)13-10-6-3-7-11-13/h2-11,14-15H,1H3/t14-,15-/m0/s1. The number of carbonyl (C=O) groups is 2. The van der Waals surface area contributed by atoms with Crippen molar-refractivity contribution in [1.82, 2.24) is 4.90 Å². The Morgan fingerprint density at radius 1 is 0.750 bits per heavy atom. The second-order valence-corrected chi connectivity index (χ2v) is 5.02. The molecule has 0 N–H and O–H groups in total. The number of rotatable bonds is 4. The van der Waals surface area contributed by atoms with Crippen molar-refractivity contribution in [3.05, 3.63) is 71.8 Å². The Hall–Kier alpha value is -2.26. The van der Waals surface area contributed by atoms with Gasteiger partial charge in [0, 0.05) is 11.1 Å². The summed E-state index contributed by atoms with van der Waals surface area (Å²) in [5.41, 5.74) is 1.32. The third-order valence-corrected chi connectivity index (χ3v) is 3.74. The van der Waals surface area contributed by atoms with Gasteiger partial charge in [0.25, 0.3) is 0 Å². The zero-order chi connectivity index (χ0) is 14.1. The molecule has 20 heavy (non-hydrogen) atoms. The molecule has 1 aliphatic heterocycles. The molecule has 1 fully saturated rings. The lowest BCUT2D eigenvalue weighted by Gasteiger charge is -1.99. The number of carbonyl (C=O) groups excluding carboxylic acids is 2. The molecule has 3 heteroatoms. The van der Waals surface area contributed by atoms with E-state index in [0.717, 1.165) is 0 Å². The number of hydrogen-bond donors (Lipinski definition) is 0. The van der Waals surface area contributed by atoms with E-state index < -0.39 is 0 Å². The molecule has 0 saturated carbocycles. The fourth-order valence-electron chi connectivity index (χ4n) is 2.54. The molecule has 2 atom stereocenters. The lowest BCUT2D eigenvalue weighted by atomic mass is 10.0. The van der Waals surface area contributed by atoms with Crippen LogP contribution in [0.3, 0.4) is 0 Å². The fraction of sp³-hybridized carbons (Fsp3) is 0.176. The van der Waals surface area contributed by atoms with Gasteiger partial charge in [0.1, 0.15) is 0 Å². The van der Waals surface area contributed by atoms with E-state index >= 15 is 0 Å². The van der Waals surface area contributed by atoms with Gasteiger partial charge in [0.2, 0.25) is 0 Å². The lowest BCUT2D eigenvalue weighted by Crippen LogP contribution is -2.16. The fourth-order valence-corrected chi connectivity index (χ4v) is 2.54. The smallest absolute Gasteiger partial charge is 0.182 e. The molecule has 0 unspecified atom stereocenters. The molecular weight excluding hydrogens is 250 g/mol. The van der Waals surface area contributed by atoms with E-state index in [1.54, 1.807) is 24.3 Å². The van der Waals surface area contributed by atoms with Crippen LogP contribution in [0.5, 0.6) is 0 Å². The number of hydrogen-bond acceptors (Lipinski definition) is 3. The molecule has 1 heterocycles. The van der Waals surface area contributed by atoms with Gasteiger partial charge in [-0.2, -0.15) is 0 Å². The Balaban J connectivity index is 1.78. The summed E-state index contributed by atoms with van der Waals surface area (Å²) in [6, 6.07) is 17.6. The van der Waals surface area contributed by atoms with Crippen molar-refractivity contribution in [2.45, 2.75) is 12.1 Å². The van der Waals surface area contributed by atoms with Crippen LogP contribution in [0.15, 0.2) is 60.7 Å². The second-order valence-electron chi connectivity index (χ2n) is 5.02. The van der Waals surface area contributed by atoms with Crippen molar-refractivity contribution in [1.29, 1.82) is 0 Å². The summed E-state index contributed by atoms with van der Waals surface area (Å²) in [6.45, 7) is 0. The van der Waals surface area contributed by atoms with Crippen molar-refractivity contribution in [2.75, 3.05) is 7.05 Å². The second kappa shape index (κ2) is 5.02. The summed E-state index contributed by atoms with van der Waals surface area (Å²) in [5.74, 6) is 0.0322. The highest BCUT2D eigenvalue weighted by Gasteiger charge is 2.54. The van der Waals surface area contributed by atoms with Gasteiger partial charge < -0.3 is 0 Å². The summed E-state index contributed by atoms with van der Waals surface area (Å²) in [4.78, 5) is 26.6. The first-order chi connectivity index (χ1) is 9.70. The minimum atomic E-state index is -0.329. The minimum Gasteiger partial charge on any atom is -0.292 e. The Morgan fingerprint density at radius 3 is 1.45 bits per heavy atom. The maximum atomic E-state index is 12.4. The highest BCUT2D eigenvalue weighted by atomic mass is 16.1. The van der Waals surface area contributed by atoms with Crippen molar-refractivity contribution in [3.8, 4) is 0 Å². The largest absolute Gasteiger partial charge is 0.292 e. The Labute approximate surface area is 117 Å². The monoisotopic (exact) mass is 265 g/mol. The van der Waals surface area contributed by atoms with E-state index in [1.165, 1.54) is 0 Å². The summed E-state index contributed by atoms with van der Waals surface area (Å²) in [6.07, 6.45) is 0. The highest BCUT2D eigenvalue weighted by Crippen LogP contribution is 2.31. The minimum absolute atomic E-state index is 0.0161. The summed E-state index contributed by atoms with van der Waals surface area (Å²) in [7, 11) is 1.82. The molecule has 2 aromatic rings. The molecule has 1 aliphatic rings. The van der Waals surface area contributed by atoms with E-state index in [9.17, 15) is 9.59 Å². The van der Waals surface area contributed by atoms with E-state index in [2.05, 4.69) is 0 Å². The van der Waals surface area contributed by atoms with Gasteiger partial charge in [-0.3, -0.25) is 14.5 Å². The van der Waals surface area contributed by atoms with Gasteiger partial charge in [0.05, 0.1) is 12.1 Å². The van der Waals surface area contributed by atoms with Crippen molar-refractivity contribution in [3.63, 3.8) is 0 Å². The maximum absolute atomic E-state index is 12.4. The van der Waals surface area contributed by atoms with Gasteiger partial charge in [-0.05, 0) is 7.05 Å². The third-order valence-electron chi connectivity index (χ3n) is 3.74. The van der Waals surface area contributed by atoms with Gasteiger partial charge in [-0.25, -0.2) is 0 Å². The molecule has 3 rings (SSSR count). The molecule has 2 aromatic carbocycles. The molecule has 0 bridgehead atoms. The third kappa shape index (κ3) is 2.17. The van der Waals surface area contributed by atoms with E-state index in [4.69, 9.17) is 0 Å². The lowest BCUT2D eigenvalue weighted by molar-refractivity contribution is 0.0948. The van der Waals surface area contributed by atoms with Crippen LogP contribution in [0.25, 0.3) is 0 Å². The highest BCUT2D eigenvalue weighted by molar-refractivity contribution is 6.12. The van der Waals surface area contributed by atoms with Gasteiger partial charge in [-0.15, -0.1) is 0 Å². The first kappa shape index (κ1) is 12.8. The van der Waals surface area contributed by atoms with Crippen LogP contribution in [0.1, 0.15) is 20.7 Å². The van der Waals surface area contributed by atoms with Crippen molar-refractivity contribution < 1.29 is 9.59 Å². The van der Waals surface area contributed by atoms with E-state index in [0.29, 0.717) is 11.1 Å². The molecule has 0 amide bonds. The van der Waals surface area contributed by atoms with Crippen molar-refractivity contribution >= 4 is 11.6 Å². The topological polar surface area (TPSA) is 37.1 Å². The van der Waals surface area contributed by atoms with E-state index in [1.807, 2.05) is 48.3 Å². The molecule has 0 spiro atoms. The predicted octanol–water partition coefficient (Wildman–Crippen LogP) is 2.43. The molecule has 0 aliphatic carbocycles. The SMILES string of the molecule is CN1[C@H](C(=O)c2ccccc2)[C@H]1C(=O)c1ccccc1. The van der Waals surface area contributed by atoms with Crippen LogP contribution < -0.4 is 0 Å². The number of nitrogens with zero attached hydrogens (tertiary/aromatic N) is 1. The van der Waals surface area contributed by atoms with Crippen LogP contribution in [-0.2, 0) is 0 Å². The number of benzene rings is 2.